The quantitative estimate of drug-likeness (QED) is 0.689. The van der Waals surface area contributed by atoms with Gasteiger partial charge in [0.2, 0.25) is 0 Å². The van der Waals surface area contributed by atoms with Crippen LogP contribution in [0.1, 0.15) is 5.69 Å². The molecule has 96 valence electrons. The van der Waals surface area contributed by atoms with Crippen molar-refractivity contribution in [2.45, 2.75) is 6.92 Å². The number of fused-ring (bicyclic) bond motifs is 1. The highest BCUT2D eigenvalue weighted by atomic mass is 15.3. The second-order valence-corrected chi connectivity index (χ2v) is 4.52. The third kappa shape index (κ3) is 1.99. The normalized spacial score (nSPS) is 10.8. The van der Waals surface area contributed by atoms with Crippen LogP contribution in [0.25, 0.3) is 10.9 Å². The monoisotopic (exact) mass is 253 g/mol. The van der Waals surface area contributed by atoms with E-state index in [1.807, 2.05) is 44.4 Å². The van der Waals surface area contributed by atoms with Crippen molar-refractivity contribution >= 4 is 28.0 Å². The third-order valence-corrected chi connectivity index (χ3v) is 3.11. The van der Waals surface area contributed by atoms with Gasteiger partial charge in [-0.25, -0.2) is 0 Å². The molecule has 0 unspecified atom stereocenters. The topological polar surface area (TPSA) is 68.8 Å². The van der Waals surface area contributed by atoms with E-state index in [9.17, 15) is 0 Å². The van der Waals surface area contributed by atoms with E-state index in [0.29, 0.717) is 5.69 Å². The number of hydrogen-bond acceptors (Lipinski definition) is 4. The van der Waals surface area contributed by atoms with Crippen molar-refractivity contribution in [3.63, 3.8) is 0 Å². The van der Waals surface area contributed by atoms with Crippen molar-refractivity contribution in [1.82, 2.24) is 14.8 Å². The molecule has 0 amide bonds. The molecule has 3 rings (SSSR count). The first kappa shape index (κ1) is 11.5. The molecule has 0 radical (unpaired) electrons. The Morgan fingerprint density at radius 1 is 1.21 bits per heavy atom. The van der Waals surface area contributed by atoms with E-state index >= 15 is 0 Å². The molecule has 0 spiro atoms. The molecule has 5 nitrogen and oxygen atoms in total. The van der Waals surface area contributed by atoms with Gasteiger partial charge < -0.3 is 11.1 Å². The summed E-state index contributed by atoms with van der Waals surface area (Å²) in [7, 11) is 1.89. The Balaban J connectivity index is 2.06. The molecule has 0 fully saturated rings. The number of nitrogens with zero attached hydrogens (tertiary/aromatic N) is 3. The van der Waals surface area contributed by atoms with Crippen LogP contribution >= 0.6 is 0 Å². The second kappa shape index (κ2) is 4.28. The minimum Gasteiger partial charge on any atom is -0.396 e. The van der Waals surface area contributed by atoms with Crippen LogP contribution in [0.5, 0.6) is 0 Å². The van der Waals surface area contributed by atoms with Crippen LogP contribution in [0.2, 0.25) is 0 Å². The SMILES string of the molecule is Cc1nn(C)cc1Nc1ccc2ncccc2c1N. The first-order valence-electron chi connectivity index (χ1n) is 6.05. The van der Waals surface area contributed by atoms with Crippen LogP contribution in [0.4, 0.5) is 17.1 Å². The lowest BCUT2D eigenvalue weighted by molar-refractivity contribution is 0.756. The highest BCUT2D eigenvalue weighted by Crippen LogP contribution is 2.30. The first-order chi connectivity index (χ1) is 9.15. The number of rotatable bonds is 2. The molecule has 2 heterocycles. The Hall–Kier alpha value is -2.56. The summed E-state index contributed by atoms with van der Waals surface area (Å²) in [4.78, 5) is 4.29. The fourth-order valence-electron chi connectivity index (χ4n) is 2.15. The van der Waals surface area contributed by atoms with E-state index in [0.717, 1.165) is 28.0 Å². The number of nitrogen functional groups attached to an aromatic ring is 1. The van der Waals surface area contributed by atoms with Gasteiger partial charge >= 0.3 is 0 Å². The van der Waals surface area contributed by atoms with E-state index in [1.165, 1.54) is 0 Å². The molecule has 0 saturated heterocycles. The van der Waals surface area contributed by atoms with Crippen molar-refractivity contribution in [2.75, 3.05) is 11.1 Å². The van der Waals surface area contributed by atoms with Crippen molar-refractivity contribution in [2.24, 2.45) is 7.05 Å². The Kier molecular flexibility index (Phi) is 2.59. The average molecular weight is 253 g/mol. The molecule has 5 heteroatoms. The standard InChI is InChI=1S/C14H15N5/c1-9-13(8-19(2)18-9)17-12-6-5-11-10(14(12)15)4-3-7-16-11/h3-8,17H,15H2,1-2H3. The zero-order valence-electron chi connectivity index (χ0n) is 10.9. The number of aromatic nitrogens is 3. The van der Waals surface area contributed by atoms with Crippen LogP contribution in [-0.2, 0) is 7.05 Å². The summed E-state index contributed by atoms with van der Waals surface area (Å²) < 4.78 is 1.77. The summed E-state index contributed by atoms with van der Waals surface area (Å²) in [5, 5.41) is 8.57. The summed E-state index contributed by atoms with van der Waals surface area (Å²) in [6.45, 7) is 1.96. The Labute approximate surface area is 111 Å². The molecule has 1 aromatic carbocycles. The maximum Gasteiger partial charge on any atom is 0.0828 e. The van der Waals surface area contributed by atoms with Crippen molar-refractivity contribution in [3.05, 3.63) is 42.4 Å². The summed E-state index contributed by atoms with van der Waals surface area (Å²) in [6.07, 6.45) is 3.70. The molecular weight excluding hydrogens is 238 g/mol. The lowest BCUT2D eigenvalue weighted by Gasteiger charge is -2.10. The molecule has 0 aliphatic carbocycles. The number of aryl methyl sites for hydroxylation is 2. The zero-order valence-corrected chi connectivity index (χ0v) is 10.9. The van der Waals surface area contributed by atoms with E-state index in [1.54, 1.807) is 10.9 Å². The molecule has 3 N–H and O–H groups in total. The van der Waals surface area contributed by atoms with Gasteiger partial charge in [0.05, 0.1) is 28.3 Å². The van der Waals surface area contributed by atoms with Crippen molar-refractivity contribution < 1.29 is 0 Å². The fraction of sp³-hybridized carbons (Fsp3) is 0.143. The Morgan fingerprint density at radius 3 is 2.79 bits per heavy atom. The van der Waals surface area contributed by atoms with Gasteiger partial charge in [-0.05, 0) is 31.2 Å². The van der Waals surface area contributed by atoms with Gasteiger partial charge in [0.1, 0.15) is 0 Å². The van der Waals surface area contributed by atoms with Crippen molar-refractivity contribution in [1.29, 1.82) is 0 Å². The number of pyridine rings is 1. The minimum atomic E-state index is 0.703. The van der Waals surface area contributed by atoms with Crippen molar-refractivity contribution in [3.8, 4) is 0 Å². The van der Waals surface area contributed by atoms with Crippen LogP contribution in [0.3, 0.4) is 0 Å². The fourth-order valence-corrected chi connectivity index (χ4v) is 2.15. The molecule has 3 aromatic rings. The smallest absolute Gasteiger partial charge is 0.0828 e. The molecule has 19 heavy (non-hydrogen) atoms. The number of anilines is 3. The highest BCUT2D eigenvalue weighted by molar-refractivity contribution is 5.97. The minimum absolute atomic E-state index is 0.703. The molecular formula is C14H15N5. The van der Waals surface area contributed by atoms with Gasteiger partial charge in [0.25, 0.3) is 0 Å². The zero-order chi connectivity index (χ0) is 13.4. The van der Waals surface area contributed by atoms with Gasteiger partial charge in [-0.2, -0.15) is 5.10 Å². The van der Waals surface area contributed by atoms with E-state index < -0.39 is 0 Å². The van der Waals surface area contributed by atoms with Gasteiger partial charge in [-0.3, -0.25) is 9.67 Å². The Bertz CT molecular complexity index is 745. The maximum absolute atomic E-state index is 6.19. The van der Waals surface area contributed by atoms with Gasteiger partial charge in [0, 0.05) is 24.8 Å². The van der Waals surface area contributed by atoms with E-state index in [4.69, 9.17) is 5.73 Å². The molecule has 0 aliphatic rings. The number of nitrogens with one attached hydrogen (secondary N) is 1. The molecule has 2 aromatic heterocycles. The second-order valence-electron chi connectivity index (χ2n) is 4.52. The van der Waals surface area contributed by atoms with Gasteiger partial charge in [0.15, 0.2) is 0 Å². The van der Waals surface area contributed by atoms with Gasteiger partial charge in [-0.15, -0.1) is 0 Å². The summed E-state index contributed by atoms with van der Waals surface area (Å²) in [5.41, 5.74) is 10.6. The van der Waals surface area contributed by atoms with Gasteiger partial charge in [-0.1, -0.05) is 0 Å². The summed E-state index contributed by atoms with van der Waals surface area (Å²) >= 11 is 0. The molecule has 0 atom stereocenters. The summed E-state index contributed by atoms with van der Waals surface area (Å²) in [6, 6.07) is 7.76. The first-order valence-corrected chi connectivity index (χ1v) is 6.05. The van der Waals surface area contributed by atoms with Crippen LogP contribution in [-0.4, -0.2) is 14.8 Å². The lowest BCUT2D eigenvalue weighted by atomic mass is 10.1. The van der Waals surface area contributed by atoms with Crippen LogP contribution in [0.15, 0.2) is 36.7 Å². The number of benzene rings is 1. The predicted octanol–water partition coefficient (Wildman–Crippen LogP) is 2.60. The Morgan fingerprint density at radius 2 is 2.05 bits per heavy atom. The van der Waals surface area contributed by atoms with Crippen LogP contribution < -0.4 is 11.1 Å². The number of nitrogens with two attached hydrogens (primary N) is 1. The van der Waals surface area contributed by atoms with E-state index in [-0.39, 0.29) is 0 Å². The average Bonchev–Trinajstić information content (AvgIpc) is 2.72. The van der Waals surface area contributed by atoms with Crippen LogP contribution in [0, 0.1) is 6.92 Å². The summed E-state index contributed by atoms with van der Waals surface area (Å²) in [5.74, 6) is 0. The van der Waals surface area contributed by atoms with E-state index in [2.05, 4.69) is 15.4 Å². The molecule has 0 aliphatic heterocycles. The third-order valence-electron chi connectivity index (χ3n) is 3.11. The molecule has 0 bridgehead atoms. The predicted molar refractivity (Wildman–Crippen MR) is 77.4 cm³/mol. The lowest BCUT2D eigenvalue weighted by Crippen LogP contribution is -1.98. The molecule has 0 saturated carbocycles. The largest absolute Gasteiger partial charge is 0.396 e. The highest BCUT2D eigenvalue weighted by Gasteiger charge is 2.08. The maximum atomic E-state index is 6.19. The number of hydrogen-bond donors (Lipinski definition) is 2.